The van der Waals surface area contributed by atoms with Crippen LogP contribution in [0.2, 0.25) is 0 Å². The van der Waals surface area contributed by atoms with Crippen molar-refractivity contribution in [1.82, 2.24) is 0 Å². The largest absolute Gasteiger partial charge is 0.462 e. The molecule has 0 saturated carbocycles. The van der Waals surface area contributed by atoms with Gasteiger partial charge in [0.2, 0.25) is 0 Å². The summed E-state index contributed by atoms with van der Waals surface area (Å²) in [6, 6.07) is 5.14. The Kier molecular flexibility index (Phi) is 3.82. The Morgan fingerprint density at radius 2 is 1.95 bits per heavy atom. The Bertz CT molecular complexity index is 717. The molecule has 0 unspecified atom stereocenters. The average molecular weight is 299 g/mol. The van der Waals surface area contributed by atoms with Crippen molar-refractivity contribution in [2.75, 3.05) is 4.72 Å². The zero-order chi connectivity index (χ0) is 14.9. The summed E-state index contributed by atoms with van der Waals surface area (Å²) in [6.07, 6.45) is 0. The Morgan fingerprint density at radius 1 is 1.25 bits per heavy atom. The van der Waals surface area contributed by atoms with E-state index in [-0.39, 0.29) is 22.1 Å². The first-order valence-electron chi connectivity index (χ1n) is 5.82. The fourth-order valence-electron chi connectivity index (χ4n) is 1.87. The second-order valence-electron chi connectivity index (χ2n) is 4.41. The van der Waals surface area contributed by atoms with E-state index in [9.17, 15) is 12.8 Å². The van der Waals surface area contributed by atoms with Crippen molar-refractivity contribution in [2.45, 2.75) is 25.3 Å². The molecule has 5 nitrogen and oxygen atoms in total. The second kappa shape index (κ2) is 5.26. The van der Waals surface area contributed by atoms with Crippen molar-refractivity contribution in [2.24, 2.45) is 0 Å². The highest BCUT2D eigenvalue weighted by Crippen LogP contribution is 2.23. The summed E-state index contributed by atoms with van der Waals surface area (Å²) in [4.78, 5) is -0.0801. The van der Waals surface area contributed by atoms with Gasteiger partial charge in [-0.1, -0.05) is 0 Å². The zero-order valence-electron chi connectivity index (χ0n) is 11.0. The normalized spacial score (nSPS) is 11.6. The Balaban J connectivity index is 2.37. The molecule has 1 aromatic carbocycles. The summed E-state index contributed by atoms with van der Waals surface area (Å²) in [5.41, 5.74) is 0.733. The van der Waals surface area contributed by atoms with Crippen LogP contribution in [0.15, 0.2) is 33.6 Å². The number of sulfonamides is 1. The van der Waals surface area contributed by atoms with Crippen molar-refractivity contribution in [1.29, 1.82) is 0 Å². The molecule has 0 fully saturated rings. The number of nitrogens with one attached hydrogen (secondary N) is 1. The molecule has 2 rings (SSSR count). The lowest BCUT2D eigenvalue weighted by Gasteiger charge is -2.08. The van der Waals surface area contributed by atoms with E-state index >= 15 is 0 Å². The minimum atomic E-state index is -3.89. The molecule has 2 aromatic rings. The third kappa shape index (κ3) is 3.00. The lowest BCUT2D eigenvalue weighted by Crippen LogP contribution is -2.13. The number of hydrogen-bond donors (Lipinski definition) is 2. The van der Waals surface area contributed by atoms with Crippen LogP contribution in [0.25, 0.3) is 0 Å². The van der Waals surface area contributed by atoms with Crippen molar-refractivity contribution in [3.05, 3.63) is 47.2 Å². The molecule has 0 aliphatic rings. The standard InChI is InChI=1S/C13H14FNO4S/c1-8-3-10(14)5-11(4-8)15-20(17,18)13-6-12(7-16)19-9(13)2/h3-6,15-16H,7H2,1-2H3. The third-order valence-electron chi connectivity index (χ3n) is 2.66. The average Bonchev–Trinajstić information content (AvgIpc) is 2.69. The van der Waals surface area contributed by atoms with Gasteiger partial charge >= 0.3 is 0 Å². The second-order valence-corrected chi connectivity index (χ2v) is 6.06. The van der Waals surface area contributed by atoms with Crippen LogP contribution >= 0.6 is 0 Å². The highest BCUT2D eigenvalue weighted by molar-refractivity contribution is 7.92. The maximum Gasteiger partial charge on any atom is 0.265 e. The van der Waals surface area contributed by atoms with Gasteiger partial charge in [0.15, 0.2) is 0 Å². The predicted octanol–water partition coefficient (Wildman–Crippen LogP) is 2.33. The number of anilines is 1. The maximum absolute atomic E-state index is 13.3. The van der Waals surface area contributed by atoms with Crippen LogP contribution in [0.4, 0.5) is 10.1 Å². The molecule has 0 bridgehead atoms. The number of hydrogen-bond acceptors (Lipinski definition) is 4. The summed E-state index contributed by atoms with van der Waals surface area (Å²) in [6.45, 7) is 2.74. The Labute approximate surface area is 116 Å². The fourth-order valence-corrected chi connectivity index (χ4v) is 3.12. The van der Waals surface area contributed by atoms with Crippen molar-refractivity contribution in [3.63, 3.8) is 0 Å². The van der Waals surface area contributed by atoms with Crippen LogP contribution < -0.4 is 4.72 Å². The zero-order valence-corrected chi connectivity index (χ0v) is 11.8. The molecule has 0 aliphatic carbocycles. The van der Waals surface area contributed by atoms with Gasteiger partial charge in [-0.25, -0.2) is 12.8 Å². The van der Waals surface area contributed by atoms with Gasteiger partial charge in [0.25, 0.3) is 10.0 Å². The third-order valence-corrected chi connectivity index (χ3v) is 4.15. The molecular weight excluding hydrogens is 285 g/mol. The van der Waals surface area contributed by atoms with Crippen molar-refractivity contribution >= 4 is 15.7 Å². The van der Waals surface area contributed by atoms with E-state index in [2.05, 4.69) is 4.72 Å². The molecule has 7 heteroatoms. The maximum atomic E-state index is 13.3. The van der Waals surface area contributed by atoms with Crippen LogP contribution in [0.3, 0.4) is 0 Å². The molecule has 0 atom stereocenters. The summed E-state index contributed by atoms with van der Waals surface area (Å²) >= 11 is 0. The van der Waals surface area contributed by atoms with Gasteiger partial charge in [-0.3, -0.25) is 4.72 Å². The number of rotatable bonds is 4. The number of furan rings is 1. The summed E-state index contributed by atoms with van der Waals surface area (Å²) in [5.74, 6) is -0.212. The first-order valence-corrected chi connectivity index (χ1v) is 7.30. The fraction of sp³-hybridized carbons (Fsp3) is 0.231. The highest BCUT2D eigenvalue weighted by atomic mass is 32.2. The number of aliphatic hydroxyl groups is 1. The van der Waals surface area contributed by atoms with Gasteiger partial charge in [-0.05, 0) is 37.6 Å². The molecule has 0 amide bonds. The van der Waals surface area contributed by atoms with Crippen LogP contribution in [-0.2, 0) is 16.6 Å². The molecule has 0 aliphatic heterocycles. The topological polar surface area (TPSA) is 79.5 Å². The molecule has 108 valence electrons. The lowest BCUT2D eigenvalue weighted by atomic mass is 10.2. The Hall–Kier alpha value is -1.86. The minimum Gasteiger partial charge on any atom is -0.462 e. The van der Waals surface area contributed by atoms with Crippen LogP contribution in [-0.4, -0.2) is 13.5 Å². The molecule has 0 radical (unpaired) electrons. The molecule has 1 aromatic heterocycles. The Morgan fingerprint density at radius 3 is 2.50 bits per heavy atom. The minimum absolute atomic E-state index is 0.0801. The molecular formula is C13H14FNO4S. The molecule has 0 spiro atoms. The smallest absolute Gasteiger partial charge is 0.265 e. The quantitative estimate of drug-likeness (QED) is 0.908. The van der Waals surface area contributed by atoms with Crippen molar-refractivity contribution < 1.29 is 22.3 Å². The van der Waals surface area contributed by atoms with E-state index in [0.717, 1.165) is 6.07 Å². The number of benzene rings is 1. The van der Waals surface area contributed by atoms with E-state index in [4.69, 9.17) is 9.52 Å². The van der Waals surface area contributed by atoms with Gasteiger partial charge in [-0.15, -0.1) is 0 Å². The SMILES string of the molecule is Cc1cc(F)cc(NS(=O)(=O)c2cc(CO)oc2C)c1. The first-order chi connectivity index (χ1) is 9.31. The van der Waals surface area contributed by atoms with Crippen LogP contribution in [0, 0.1) is 19.7 Å². The van der Waals surface area contributed by atoms with Gasteiger partial charge < -0.3 is 9.52 Å². The number of aryl methyl sites for hydroxylation is 2. The first kappa shape index (κ1) is 14.5. The van der Waals surface area contributed by atoms with Gasteiger partial charge in [0.05, 0.1) is 5.69 Å². The van der Waals surface area contributed by atoms with E-state index in [0.29, 0.717) is 5.56 Å². The van der Waals surface area contributed by atoms with E-state index in [1.54, 1.807) is 6.92 Å². The summed E-state index contributed by atoms with van der Waals surface area (Å²) in [5, 5.41) is 8.95. The van der Waals surface area contributed by atoms with E-state index in [1.807, 2.05) is 0 Å². The predicted molar refractivity (Wildman–Crippen MR) is 71.3 cm³/mol. The number of halogens is 1. The monoisotopic (exact) mass is 299 g/mol. The van der Waals surface area contributed by atoms with Gasteiger partial charge in [0, 0.05) is 6.07 Å². The molecule has 2 N–H and O–H groups in total. The summed E-state index contributed by atoms with van der Waals surface area (Å²) < 4.78 is 45.0. The lowest BCUT2D eigenvalue weighted by molar-refractivity contribution is 0.245. The molecule has 1 heterocycles. The number of aliphatic hydroxyl groups excluding tert-OH is 1. The van der Waals surface area contributed by atoms with Gasteiger partial charge in [0.1, 0.15) is 28.8 Å². The molecule has 0 saturated heterocycles. The van der Waals surface area contributed by atoms with Crippen LogP contribution in [0.5, 0.6) is 0 Å². The van der Waals surface area contributed by atoms with Crippen molar-refractivity contribution in [3.8, 4) is 0 Å². The van der Waals surface area contributed by atoms with Crippen LogP contribution in [0.1, 0.15) is 17.1 Å². The van der Waals surface area contributed by atoms with E-state index in [1.165, 1.54) is 25.1 Å². The highest BCUT2D eigenvalue weighted by Gasteiger charge is 2.21. The van der Waals surface area contributed by atoms with Gasteiger partial charge in [-0.2, -0.15) is 0 Å². The van der Waals surface area contributed by atoms with E-state index < -0.39 is 22.4 Å². The summed E-state index contributed by atoms with van der Waals surface area (Å²) in [7, 11) is -3.89. The molecule has 20 heavy (non-hydrogen) atoms.